The monoisotopic (exact) mass is 304 g/mol. The molecule has 0 aliphatic heterocycles. The standard InChI is InChI=1S/C15H14F2N4O/c16-14(17)11-7-12(20-8-19-11)15(22)21-10-5-1-3-9-4-2-6-18-13(9)10/h2,4,6-8,10,14H,1,3,5H2,(H,21,22)/t10-/m0/s1. The van der Waals surface area contributed by atoms with Crippen LogP contribution in [0.3, 0.4) is 0 Å². The number of halogens is 2. The lowest BCUT2D eigenvalue weighted by Crippen LogP contribution is -2.32. The molecule has 7 heteroatoms. The van der Waals surface area contributed by atoms with Crippen LogP contribution in [0.2, 0.25) is 0 Å². The summed E-state index contributed by atoms with van der Waals surface area (Å²) in [4.78, 5) is 23.8. The Morgan fingerprint density at radius 3 is 3.00 bits per heavy atom. The molecule has 0 bridgehead atoms. The summed E-state index contributed by atoms with van der Waals surface area (Å²) in [7, 11) is 0. The molecule has 2 aromatic heterocycles. The fraction of sp³-hybridized carbons (Fsp3) is 0.333. The second-order valence-electron chi connectivity index (χ2n) is 5.09. The Kier molecular flexibility index (Phi) is 4.04. The van der Waals surface area contributed by atoms with Crippen LogP contribution >= 0.6 is 0 Å². The van der Waals surface area contributed by atoms with Crippen molar-refractivity contribution < 1.29 is 13.6 Å². The van der Waals surface area contributed by atoms with E-state index in [9.17, 15) is 13.6 Å². The number of nitrogens with zero attached hydrogens (tertiary/aromatic N) is 3. The Morgan fingerprint density at radius 1 is 1.32 bits per heavy atom. The summed E-state index contributed by atoms with van der Waals surface area (Å²) in [5.74, 6) is -0.493. The van der Waals surface area contributed by atoms with E-state index < -0.39 is 18.0 Å². The van der Waals surface area contributed by atoms with Crippen LogP contribution in [-0.2, 0) is 6.42 Å². The van der Waals surface area contributed by atoms with Crippen LogP contribution < -0.4 is 5.32 Å². The van der Waals surface area contributed by atoms with E-state index in [0.29, 0.717) is 0 Å². The zero-order valence-electron chi connectivity index (χ0n) is 11.7. The molecule has 0 saturated heterocycles. The lowest BCUT2D eigenvalue weighted by atomic mass is 9.92. The summed E-state index contributed by atoms with van der Waals surface area (Å²) in [5, 5.41) is 2.82. The van der Waals surface area contributed by atoms with Gasteiger partial charge in [-0.05, 0) is 37.0 Å². The number of pyridine rings is 1. The number of carbonyl (C=O) groups excluding carboxylic acids is 1. The summed E-state index contributed by atoms with van der Waals surface area (Å²) in [6.07, 6.45) is 2.56. The minimum atomic E-state index is -2.73. The fourth-order valence-electron chi connectivity index (χ4n) is 2.60. The van der Waals surface area contributed by atoms with Crippen LogP contribution in [0.4, 0.5) is 8.78 Å². The van der Waals surface area contributed by atoms with Gasteiger partial charge in [0, 0.05) is 6.20 Å². The van der Waals surface area contributed by atoms with Crippen LogP contribution in [0.15, 0.2) is 30.7 Å². The molecule has 0 radical (unpaired) electrons. The topological polar surface area (TPSA) is 67.8 Å². The van der Waals surface area contributed by atoms with Crippen LogP contribution in [0.1, 0.15) is 52.7 Å². The molecule has 0 aromatic carbocycles. The molecule has 2 heterocycles. The maximum absolute atomic E-state index is 12.6. The molecule has 3 rings (SSSR count). The van der Waals surface area contributed by atoms with Crippen molar-refractivity contribution in [1.29, 1.82) is 0 Å². The van der Waals surface area contributed by atoms with Gasteiger partial charge in [0.25, 0.3) is 12.3 Å². The van der Waals surface area contributed by atoms with Crippen molar-refractivity contribution >= 4 is 5.91 Å². The highest BCUT2D eigenvalue weighted by atomic mass is 19.3. The number of aryl methyl sites for hydroxylation is 1. The Labute approximate surface area is 125 Å². The molecule has 22 heavy (non-hydrogen) atoms. The third kappa shape index (κ3) is 2.93. The second-order valence-corrected chi connectivity index (χ2v) is 5.09. The second kappa shape index (κ2) is 6.13. The molecule has 114 valence electrons. The molecule has 1 aliphatic carbocycles. The van der Waals surface area contributed by atoms with Crippen LogP contribution in [0.25, 0.3) is 0 Å². The van der Waals surface area contributed by atoms with Crippen molar-refractivity contribution in [3.05, 3.63) is 53.4 Å². The molecule has 1 N–H and O–H groups in total. The summed E-state index contributed by atoms with van der Waals surface area (Å²) in [6, 6.07) is 4.65. The molecule has 1 atom stereocenters. The van der Waals surface area contributed by atoms with Crippen molar-refractivity contribution in [3.8, 4) is 0 Å². The van der Waals surface area contributed by atoms with Gasteiger partial charge in [0.05, 0.1) is 11.7 Å². The maximum atomic E-state index is 12.6. The third-order valence-electron chi connectivity index (χ3n) is 3.64. The largest absolute Gasteiger partial charge is 0.342 e. The van der Waals surface area contributed by atoms with Crippen LogP contribution in [-0.4, -0.2) is 20.9 Å². The maximum Gasteiger partial charge on any atom is 0.280 e. The zero-order valence-corrected chi connectivity index (χ0v) is 11.7. The highest BCUT2D eigenvalue weighted by Crippen LogP contribution is 2.27. The minimum Gasteiger partial charge on any atom is -0.342 e. The molecule has 0 saturated carbocycles. The molecular formula is C15H14F2N4O. The number of hydrogen-bond donors (Lipinski definition) is 1. The first-order valence-electron chi connectivity index (χ1n) is 7.00. The fourth-order valence-corrected chi connectivity index (χ4v) is 2.60. The Morgan fingerprint density at radius 2 is 2.18 bits per heavy atom. The normalized spacial score (nSPS) is 17.1. The smallest absolute Gasteiger partial charge is 0.280 e. The van der Waals surface area contributed by atoms with E-state index in [2.05, 4.69) is 20.3 Å². The van der Waals surface area contributed by atoms with E-state index >= 15 is 0 Å². The molecule has 0 spiro atoms. The van der Waals surface area contributed by atoms with Crippen molar-refractivity contribution in [1.82, 2.24) is 20.3 Å². The highest BCUT2D eigenvalue weighted by Gasteiger charge is 2.24. The SMILES string of the molecule is O=C(N[C@H]1CCCc2cccnc21)c1cc(C(F)F)ncn1. The first-order chi connectivity index (χ1) is 10.6. The van der Waals surface area contributed by atoms with Gasteiger partial charge >= 0.3 is 0 Å². The van der Waals surface area contributed by atoms with Gasteiger partial charge in [0.2, 0.25) is 0 Å². The quantitative estimate of drug-likeness (QED) is 0.946. The summed E-state index contributed by atoms with van der Waals surface area (Å²) >= 11 is 0. The van der Waals surface area contributed by atoms with Crippen molar-refractivity contribution in [2.24, 2.45) is 0 Å². The molecule has 5 nitrogen and oxygen atoms in total. The average molecular weight is 304 g/mol. The Balaban J connectivity index is 1.79. The zero-order chi connectivity index (χ0) is 15.5. The van der Waals surface area contributed by atoms with Gasteiger partial charge in [0.1, 0.15) is 17.7 Å². The van der Waals surface area contributed by atoms with Gasteiger partial charge in [-0.1, -0.05) is 6.07 Å². The number of rotatable bonds is 3. The molecule has 1 amide bonds. The van der Waals surface area contributed by atoms with Gasteiger partial charge in [-0.25, -0.2) is 18.7 Å². The highest BCUT2D eigenvalue weighted by molar-refractivity contribution is 5.92. The van der Waals surface area contributed by atoms with Gasteiger partial charge in [0.15, 0.2) is 0 Å². The third-order valence-corrected chi connectivity index (χ3v) is 3.64. The van der Waals surface area contributed by atoms with Crippen molar-refractivity contribution in [2.75, 3.05) is 0 Å². The summed E-state index contributed by atoms with van der Waals surface area (Å²) in [5.41, 5.74) is 1.43. The van der Waals surface area contributed by atoms with E-state index in [0.717, 1.165) is 42.9 Å². The summed E-state index contributed by atoms with van der Waals surface area (Å²) in [6.45, 7) is 0. The van der Waals surface area contributed by atoms with Gasteiger partial charge < -0.3 is 5.32 Å². The predicted octanol–water partition coefficient (Wildman–Crippen LogP) is 2.62. The number of alkyl halides is 2. The lowest BCUT2D eigenvalue weighted by molar-refractivity contribution is 0.0925. The molecular weight excluding hydrogens is 290 g/mol. The van der Waals surface area contributed by atoms with E-state index in [1.54, 1.807) is 6.20 Å². The molecule has 1 aliphatic rings. The van der Waals surface area contributed by atoms with Gasteiger partial charge in [-0.15, -0.1) is 0 Å². The number of aromatic nitrogens is 3. The number of carbonyl (C=O) groups is 1. The van der Waals surface area contributed by atoms with Gasteiger partial charge in [-0.3, -0.25) is 9.78 Å². The van der Waals surface area contributed by atoms with Crippen LogP contribution in [0.5, 0.6) is 0 Å². The first-order valence-corrected chi connectivity index (χ1v) is 7.00. The molecule has 0 fully saturated rings. The first kappa shape index (κ1) is 14.5. The predicted molar refractivity (Wildman–Crippen MR) is 74.4 cm³/mol. The van der Waals surface area contributed by atoms with E-state index in [1.165, 1.54) is 0 Å². The van der Waals surface area contributed by atoms with E-state index in [-0.39, 0.29) is 11.7 Å². The number of nitrogens with one attached hydrogen (secondary N) is 1. The molecule has 0 unspecified atom stereocenters. The van der Waals surface area contributed by atoms with Crippen LogP contribution in [0, 0.1) is 0 Å². The van der Waals surface area contributed by atoms with Gasteiger partial charge in [-0.2, -0.15) is 0 Å². The minimum absolute atomic E-state index is 0.0617. The lowest BCUT2D eigenvalue weighted by Gasteiger charge is -2.24. The average Bonchev–Trinajstić information content (AvgIpc) is 2.55. The van der Waals surface area contributed by atoms with E-state index in [1.807, 2.05) is 12.1 Å². The number of amides is 1. The van der Waals surface area contributed by atoms with Crippen molar-refractivity contribution in [2.45, 2.75) is 31.7 Å². The summed E-state index contributed by atoms with van der Waals surface area (Å²) < 4.78 is 25.3. The molecule has 2 aromatic rings. The van der Waals surface area contributed by atoms with Crippen molar-refractivity contribution in [3.63, 3.8) is 0 Å². The number of fused-ring (bicyclic) bond motifs is 1. The van der Waals surface area contributed by atoms with E-state index in [4.69, 9.17) is 0 Å². The number of hydrogen-bond acceptors (Lipinski definition) is 4. The Hall–Kier alpha value is -2.44. The Bertz CT molecular complexity index is 693.